The van der Waals surface area contributed by atoms with Crippen molar-refractivity contribution in [1.29, 1.82) is 0 Å². The third kappa shape index (κ3) is 3.83. The zero-order valence-corrected chi connectivity index (χ0v) is 11.5. The lowest BCUT2D eigenvalue weighted by Crippen LogP contribution is -2.03. The number of carbonyl (C=O) groups is 1. The summed E-state index contributed by atoms with van der Waals surface area (Å²) in [4.78, 5) is 12.0. The lowest BCUT2D eigenvalue weighted by atomic mass is 9.93. The summed E-state index contributed by atoms with van der Waals surface area (Å²) in [5.74, 6) is 0.261. The van der Waals surface area contributed by atoms with Crippen LogP contribution in [0.2, 0.25) is 0 Å². The van der Waals surface area contributed by atoms with Gasteiger partial charge in [-0.3, -0.25) is 4.79 Å². The van der Waals surface area contributed by atoms with Crippen LogP contribution in [0.5, 0.6) is 0 Å². The molecule has 0 aliphatic heterocycles. The van der Waals surface area contributed by atoms with E-state index >= 15 is 0 Å². The number of rotatable bonds is 3. The molecule has 1 aromatic rings. The Kier molecular flexibility index (Phi) is 4.35. The van der Waals surface area contributed by atoms with Gasteiger partial charge >= 0.3 is 0 Å². The predicted molar refractivity (Wildman–Crippen MR) is 75.8 cm³/mol. The summed E-state index contributed by atoms with van der Waals surface area (Å²) in [5, 5.41) is 0. The van der Waals surface area contributed by atoms with Crippen molar-refractivity contribution in [3.8, 4) is 0 Å². The minimum Gasteiger partial charge on any atom is -0.294 e. The summed E-state index contributed by atoms with van der Waals surface area (Å²) < 4.78 is 0. The number of hydrogen-bond acceptors (Lipinski definition) is 1. The molecule has 1 nitrogen and oxygen atoms in total. The maximum Gasteiger partial charge on any atom is 0.160 e. The van der Waals surface area contributed by atoms with E-state index in [1.54, 1.807) is 0 Å². The molecule has 0 atom stereocenters. The summed E-state index contributed by atoms with van der Waals surface area (Å²) in [6, 6.07) is 6.38. The van der Waals surface area contributed by atoms with Gasteiger partial charge in [-0.25, -0.2) is 0 Å². The standard InChI is InChI=1S/C17H22O/c1-13-8-14(2)10-16(9-13)12-17(18)11-15-6-4-3-5-7-15/h8-11H,3-7,12H2,1-2H3. The molecule has 0 unspecified atom stereocenters. The largest absolute Gasteiger partial charge is 0.294 e. The molecule has 0 radical (unpaired) electrons. The van der Waals surface area contributed by atoms with Crippen LogP contribution in [0.3, 0.4) is 0 Å². The van der Waals surface area contributed by atoms with Crippen LogP contribution < -0.4 is 0 Å². The molecule has 0 aromatic heterocycles. The molecule has 1 aromatic carbocycles. The van der Waals surface area contributed by atoms with Crippen molar-refractivity contribution < 1.29 is 4.79 Å². The molecule has 1 aliphatic rings. The number of carbonyl (C=O) groups excluding carboxylic acids is 1. The molecule has 96 valence electrons. The summed E-state index contributed by atoms with van der Waals surface area (Å²) in [6.45, 7) is 4.17. The molecule has 0 bridgehead atoms. The van der Waals surface area contributed by atoms with Gasteiger partial charge in [-0.15, -0.1) is 0 Å². The number of allylic oxidation sites excluding steroid dienone is 2. The molecule has 0 heterocycles. The minimum atomic E-state index is 0.261. The van der Waals surface area contributed by atoms with Crippen LogP contribution in [0.15, 0.2) is 29.8 Å². The van der Waals surface area contributed by atoms with E-state index in [1.807, 2.05) is 6.08 Å². The van der Waals surface area contributed by atoms with Crippen LogP contribution >= 0.6 is 0 Å². The predicted octanol–water partition coefficient (Wildman–Crippen LogP) is 4.31. The van der Waals surface area contributed by atoms with Gasteiger partial charge in [-0.2, -0.15) is 0 Å². The molecule has 1 saturated carbocycles. The first-order valence-corrected chi connectivity index (χ1v) is 6.93. The second-order valence-electron chi connectivity index (χ2n) is 5.50. The Morgan fingerprint density at radius 1 is 1.06 bits per heavy atom. The van der Waals surface area contributed by atoms with Gasteiger partial charge in [-0.05, 0) is 51.2 Å². The zero-order valence-electron chi connectivity index (χ0n) is 11.5. The normalized spacial score (nSPS) is 15.6. The summed E-state index contributed by atoms with van der Waals surface area (Å²) in [7, 11) is 0. The van der Waals surface area contributed by atoms with E-state index in [-0.39, 0.29) is 5.78 Å². The van der Waals surface area contributed by atoms with Crippen LogP contribution in [0.25, 0.3) is 0 Å². The van der Waals surface area contributed by atoms with E-state index in [0.717, 1.165) is 18.4 Å². The van der Waals surface area contributed by atoms with Crippen LogP contribution in [0.4, 0.5) is 0 Å². The Hall–Kier alpha value is -1.37. The van der Waals surface area contributed by atoms with Gasteiger partial charge in [0.05, 0.1) is 0 Å². The van der Waals surface area contributed by atoms with Gasteiger partial charge in [0.2, 0.25) is 0 Å². The van der Waals surface area contributed by atoms with Crippen LogP contribution in [0, 0.1) is 13.8 Å². The third-order valence-electron chi connectivity index (χ3n) is 3.52. The maximum absolute atomic E-state index is 12.0. The average Bonchev–Trinajstić information content (AvgIpc) is 2.28. The fraction of sp³-hybridized carbons (Fsp3) is 0.471. The van der Waals surface area contributed by atoms with Crippen LogP contribution in [-0.4, -0.2) is 5.78 Å². The van der Waals surface area contributed by atoms with Crippen LogP contribution in [-0.2, 0) is 11.2 Å². The Morgan fingerprint density at radius 3 is 2.28 bits per heavy atom. The van der Waals surface area contributed by atoms with E-state index in [4.69, 9.17) is 0 Å². The Balaban J connectivity index is 2.02. The van der Waals surface area contributed by atoms with E-state index in [9.17, 15) is 4.79 Å². The van der Waals surface area contributed by atoms with Crippen molar-refractivity contribution in [2.45, 2.75) is 52.4 Å². The molecule has 2 rings (SSSR count). The lowest BCUT2D eigenvalue weighted by molar-refractivity contribution is -0.114. The highest BCUT2D eigenvalue weighted by Crippen LogP contribution is 2.22. The highest BCUT2D eigenvalue weighted by Gasteiger charge is 2.08. The van der Waals surface area contributed by atoms with Gasteiger partial charge < -0.3 is 0 Å². The highest BCUT2D eigenvalue weighted by atomic mass is 16.1. The van der Waals surface area contributed by atoms with E-state index in [1.165, 1.54) is 36.0 Å². The number of benzene rings is 1. The molecule has 0 amide bonds. The smallest absolute Gasteiger partial charge is 0.160 e. The molecule has 1 aliphatic carbocycles. The Labute approximate surface area is 110 Å². The molecule has 0 saturated heterocycles. The maximum atomic E-state index is 12.0. The molecular weight excluding hydrogens is 220 g/mol. The molecule has 18 heavy (non-hydrogen) atoms. The number of aryl methyl sites for hydroxylation is 2. The lowest BCUT2D eigenvalue weighted by Gasteiger charge is -2.13. The number of hydrogen-bond donors (Lipinski definition) is 0. The van der Waals surface area contributed by atoms with Crippen molar-refractivity contribution >= 4 is 5.78 Å². The highest BCUT2D eigenvalue weighted by molar-refractivity contribution is 5.92. The first-order chi connectivity index (χ1) is 8.63. The zero-order chi connectivity index (χ0) is 13.0. The summed E-state index contributed by atoms with van der Waals surface area (Å²) >= 11 is 0. The summed E-state index contributed by atoms with van der Waals surface area (Å²) in [5.41, 5.74) is 4.98. The van der Waals surface area contributed by atoms with Crippen LogP contribution in [0.1, 0.15) is 48.8 Å². The second-order valence-corrected chi connectivity index (χ2v) is 5.50. The molecule has 1 fully saturated rings. The van der Waals surface area contributed by atoms with Crippen molar-refractivity contribution in [3.05, 3.63) is 46.5 Å². The van der Waals surface area contributed by atoms with E-state index in [2.05, 4.69) is 32.0 Å². The van der Waals surface area contributed by atoms with Crippen molar-refractivity contribution in [2.75, 3.05) is 0 Å². The van der Waals surface area contributed by atoms with Gasteiger partial charge in [0.15, 0.2) is 5.78 Å². The van der Waals surface area contributed by atoms with E-state index < -0.39 is 0 Å². The van der Waals surface area contributed by atoms with Gasteiger partial charge in [0.25, 0.3) is 0 Å². The third-order valence-corrected chi connectivity index (χ3v) is 3.52. The Morgan fingerprint density at radius 2 is 1.67 bits per heavy atom. The SMILES string of the molecule is Cc1cc(C)cc(CC(=O)C=C2CCCCC2)c1. The van der Waals surface area contributed by atoms with Gasteiger partial charge in [0.1, 0.15) is 0 Å². The quantitative estimate of drug-likeness (QED) is 0.722. The topological polar surface area (TPSA) is 17.1 Å². The minimum absolute atomic E-state index is 0.261. The summed E-state index contributed by atoms with van der Waals surface area (Å²) in [6.07, 6.45) is 8.52. The average molecular weight is 242 g/mol. The first-order valence-electron chi connectivity index (χ1n) is 6.93. The van der Waals surface area contributed by atoms with Gasteiger partial charge in [0, 0.05) is 6.42 Å². The molecule has 0 spiro atoms. The second kappa shape index (κ2) is 5.99. The Bertz CT molecular complexity index is 440. The fourth-order valence-corrected chi connectivity index (χ4v) is 2.80. The first kappa shape index (κ1) is 13.1. The molecule has 1 heteroatoms. The number of ketones is 1. The van der Waals surface area contributed by atoms with Crippen molar-refractivity contribution in [1.82, 2.24) is 0 Å². The molecule has 0 N–H and O–H groups in total. The van der Waals surface area contributed by atoms with Crippen molar-refractivity contribution in [2.24, 2.45) is 0 Å². The van der Waals surface area contributed by atoms with Crippen molar-refractivity contribution in [3.63, 3.8) is 0 Å². The molecular formula is C17H22O. The van der Waals surface area contributed by atoms with E-state index in [0.29, 0.717) is 6.42 Å². The van der Waals surface area contributed by atoms with Gasteiger partial charge in [-0.1, -0.05) is 41.3 Å². The monoisotopic (exact) mass is 242 g/mol. The fourth-order valence-electron chi connectivity index (χ4n) is 2.80.